The Balaban J connectivity index is 2.98. The molecule has 0 aliphatic carbocycles. The molecule has 0 saturated heterocycles. The van der Waals surface area contributed by atoms with Crippen molar-refractivity contribution >= 4 is 11.5 Å². The molecule has 0 radical (unpaired) electrons. The van der Waals surface area contributed by atoms with E-state index in [4.69, 9.17) is 0 Å². The van der Waals surface area contributed by atoms with E-state index in [1.807, 2.05) is 25.4 Å². The highest BCUT2D eigenvalue weighted by atomic mass is 15.0. The first-order chi connectivity index (χ1) is 7.60. The van der Waals surface area contributed by atoms with Gasteiger partial charge in [-0.05, 0) is 24.5 Å². The van der Waals surface area contributed by atoms with Gasteiger partial charge in [-0.15, -0.1) is 6.58 Å². The lowest BCUT2D eigenvalue weighted by atomic mass is 10.0. The summed E-state index contributed by atoms with van der Waals surface area (Å²) < 4.78 is 0. The van der Waals surface area contributed by atoms with E-state index in [2.05, 4.69) is 43.0 Å². The van der Waals surface area contributed by atoms with Crippen LogP contribution in [0, 0.1) is 12.8 Å². The zero-order valence-corrected chi connectivity index (χ0v) is 10.5. The van der Waals surface area contributed by atoms with Gasteiger partial charge in [0.15, 0.2) is 0 Å². The average Bonchev–Trinajstić information content (AvgIpc) is 2.26. The summed E-state index contributed by atoms with van der Waals surface area (Å²) in [6.07, 6.45) is 3.75. The molecule has 0 aliphatic rings. The van der Waals surface area contributed by atoms with Crippen molar-refractivity contribution in [2.75, 3.05) is 17.7 Å². The predicted octanol–water partition coefficient (Wildman–Crippen LogP) is 3.05. The molecular weight excluding hydrogens is 198 g/mol. The molecule has 0 aliphatic heterocycles. The first-order valence-corrected chi connectivity index (χ1v) is 5.62. The van der Waals surface area contributed by atoms with Crippen LogP contribution < -0.4 is 10.6 Å². The van der Waals surface area contributed by atoms with Crippen molar-refractivity contribution in [3.05, 3.63) is 30.5 Å². The van der Waals surface area contributed by atoms with Crippen molar-refractivity contribution in [2.24, 2.45) is 5.92 Å². The molecule has 1 aromatic rings. The van der Waals surface area contributed by atoms with Crippen LogP contribution in [0.1, 0.15) is 19.4 Å². The van der Waals surface area contributed by atoms with E-state index in [0.29, 0.717) is 5.92 Å². The molecule has 0 aromatic carbocycles. The molecule has 1 heterocycles. The third kappa shape index (κ3) is 2.75. The third-order valence-corrected chi connectivity index (χ3v) is 2.68. The van der Waals surface area contributed by atoms with Gasteiger partial charge in [-0.1, -0.05) is 19.9 Å². The minimum atomic E-state index is 0.259. The lowest BCUT2D eigenvalue weighted by molar-refractivity contribution is 0.601. The van der Waals surface area contributed by atoms with Gasteiger partial charge in [-0.3, -0.25) is 0 Å². The minimum Gasteiger partial charge on any atom is -0.375 e. The molecule has 1 unspecified atom stereocenters. The number of pyridine rings is 1. The Morgan fingerprint density at radius 2 is 2.12 bits per heavy atom. The number of anilines is 2. The Morgan fingerprint density at radius 3 is 2.62 bits per heavy atom. The lowest BCUT2D eigenvalue weighted by Gasteiger charge is -2.22. The summed E-state index contributed by atoms with van der Waals surface area (Å²) in [5.74, 6) is 1.38. The monoisotopic (exact) mass is 219 g/mol. The first kappa shape index (κ1) is 12.6. The number of rotatable bonds is 5. The van der Waals surface area contributed by atoms with Crippen molar-refractivity contribution in [3.63, 3.8) is 0 Å². The molecule has 0 spiro atoms. The fourth-order valence-electron chi connectivity index (χ4n) is 1.59. The highest BCUT2D eigenvalue weighted by molar-refractivity contribution is 5.68. The molecule has 2 N–H and O–H groups in total. The van der Waals surface area contributed by atoms with Gasteiger partial charge in [0.25, 0.3) is 0 Å². The zero-order valence-electron chi connectivity index (χ0n) is 10.5. The Labute approximate surface area is 98.0 Å². The van der Waals surface area contributed by atoms with Gasteiger partial charge < -0.3 is 10.6 Å². The van der Waals surface area contributed by atoms with E-state index >= 15 is 0 Å². The number of nitrogens with zero attached hydrogens (tertiary/aromatic N) is 1. The fraction of sp³-hybridized carbons (Fsp3) is 0.462. The topological polar surface area (TPSA) is 37.0 Å². The molecule has 1 atom stereocenters. The van der Waals surface area contributed by atoms with Gasteiger partial charge in [0.05, 0.1) is 5.69 Å². The molecule has 3 nitrogen and oxygen atoms in total. The molecule has 16 heavy (non-hydrogen) atoms. The van der Waals surface area contributed by atoms with Crippen LogP contribution in [0.25, 0.3) is 0 Å². The Hall–Kier alpha value is -1.51. The SMILES string of the molecule is C=CC(Nc1c(C)ccnc1NC)C(C)C. The molecular formula is C13H21N3. The van der Waals surface area contributed by atoms with E-state index in [1.54, 1.807) is 0 Å². The van der Waals surface area contributed by atoms with E-state index in [0.717, 1.165) is 11.5 Å². The van der Waals surface area contributed by atoms with Gasteiger partial charge >= 0.3 is 0 Å². The average molecular weight is 219 g/mol. The summed E-state index contributed by atoms with van der Waals surface area (Å²) in [6, 6.07) is 2.26. The molecule has 88 valence electrons. The third-order valence-electron chi connectivity index (χ3n) is 2.68. The van der Waals surface area contributed by atoms with E-state index in [-0.39, 0.29) is 6.04 Å². The van der Waals surface area contributed by atoms with E-state index in [1.165, 1.54) is 5.56 Å². The van der Waals surface area contributed by atoms with Crippen molar-refractivity contribution in [2.45, 2.75) is 26.8 Å². The Morgan fingerprint density at radius 1 is 1.44 bits per heavy atom. The first-order valence-electron chi connectivity index (χ1n) is 5.62. The van der Waals surface area contributed by atoms with Crippen molar-refractivity contribution < 1.29 is 0 Å². The van der Waals surface area contributed by atoms with Crippen LogP contribution >= 0.6 is 0 Å². The van der Waals surface area contributed by atoms with Gasteiger partial charge in [0.1, 0.15) is 5.82 Å². The predicted molar refractivity (Wildman–Crippen MR) is 71.0 cm³/mol. The summed E-state index contributed by atoms with van der Waals surface area (Å²) in [4.78, 5) is 4.30. The second-order valence-electron chi connectivity index (χ2n) is 4.25. The van der Waals surface area contributed by atoms with Crippen LogP contribution in [0.15, 0.2) is 24.9 Å². The molecule has 1 aromatic heterocycles. The molecule has 0 bridgehead atoms. The molecule has 0 saturated carbocycles. The quantitative estimate of drug-likeness (QED) is 0.747. The zero-order chi connectivity index (χ0) is 12.1. The van der Waals surface area contributed by atoms with Crippen molar-refractivity contribution in [1.82, 2.24) is 4.98 Å². The molecule has 3 heteroatoms. The lowest BCUT2D eigenvalue weighted by Crippen LogP contribution is -2.24. The maximum absolute atomic E-state index is 4.30. The molecule has 0 amide bonds. The second-order valence-corrected chi connectivity index (χ2v) is 4.25. The van der Waals surface area contributed by atoms with E-state index < -0.39 is 0 Å². The highest BCUT2D eigenvalue weighted by Crippen LogP contribution is 2.24. The van der Waals surface area contributed by atoms with Crippen LogP contribution in [-0.2, 0) is 0 Å². The summed E-state index contributed by atoms with van der Waals surface area (Å²) in [5, 5.41) is 6.57. The maximum Gasteiger partial charge on any atom is 0.149 e. The number of hydrogen-bond acceptors (Lipinski definition) is 3. The van der Waals surface area contributed by atoms with Crippen LogP contribution in [-0.4, -0.2) is 18.1 Å². The Bertz CT molecular complexity index is 358. The molecule has 0 fully saturated rings. The van der Waals surface area contributed by atoms with Crippen LogP contribution in [0.3, 0.4) is 0 Å². The highest BCUT2D eigenvalue weighted by Gasteiger charge is 2.12. The van der Waals surface area contributed by atoms with Crippen molar-refractivity contribution in [1.29, 1.82) is 0 Å². The fourth-order valence-corrected chi connectivity index (χ4v) is 1.59. The number of nitrogens with one attached hydrogen (secondary N) is 2. The molecule has 1 rings (SSSR count). The Kier molecular flexibility index (Phi) is 4.35. The summed E-state index contributed by atoms with van der Waals surface area (Å²) in [6.45, 7) is 10.3. The number of aromatic nitrogens is 1. The van der Waals surface area contributed by atoms with Gasteiger partial charge in [-0.2, -0.15) is 0 Å². The largest absolute Gasteiger partial charge is 0.375 e. The normalized spacial score (nSPS) is 12.3. The van der Waals surface area contributed by atoms with Crippen LogP contribution in [0.5, 0.6) is 0 Å². The second kappa shape index (κ2) is 5.54. The van der Waals surface area contributed by atoms with Crippen LogP contribution in [0.4, 0.5) is 11.5 Å². The smallest absolute Gasteiger partial charge is 0.149 e. The van der Waals surface area contributed by atoms with Crippen molar-refractivity contribution in [3.8, 4) is 0 Å². The van der Waals surface area contributed by atoms with Gasteiger partial charge in [0.2, 0.25) is 0 Å². The van der Waals surface area contributed by atoms with Crippen LogP contribution in [0.2, 0.25) is 0 Å². The van der Waals surface area contributed by atoms with Gasteiger partial charge in [0, 0.05) is 19.3 Å². The summed E-state index contributed by atoms with van der Waals surface area (Å²) >= 11 is 0. The van der Waals surface area contributed by atoms with E-state index in [9.17, 15) is 0 Å². The standard InChI is InChI=1S/C13H21N3/c1-6-11(9(2)3)16-12-10(4)7-8-15-13(12)14-5/h6-9,11,16H,1H2,2-5H3,(H,14,15). The maximum atomic E-state index is 4.30. The van der Waals surface area contributed by atoms with Gasteiger partial charge in [-0.25, -0.2) is 4.98 Å². The summed E-state index contributed by atoms with van der Waals surface area (Å²) in [5.41, 5.74) is 2.25. The summed E-state index contributed by atoms with van der Waals surface area (Å²) in [7, 11) is 1.88. The number of aryl methyl sites for hydroxylation is 1. The minimum absolute atomic E-state index is 0.259. The number of hydrogen-bond donors (Lipinski definition) is 2.